The number of carbonyl (C=O) groups is 2. The summed E-state index contributed by atoms with van der Waals surface area (Å²) in [6, 6.07) is 4.34. The second kappa shape index (κ2) is 7.17. The zero-order chi connectivity index (χ0) is 16.0. The molecule has 0 unspecified atom stereocenters. The zero-order valence-corrected chi connectivity index (χ0v) is 12.4. The lowest BCUT2D eigenvalue weighted by Gasteiger charge is -2.22. The highest BCUT2D eigenvalue weighted by Crippen LogP contribution is 2.10. The Morgan fingerprint density at radius 3 is 2.33 bits per heavy atom. The summed E-state index contributed by atoms with van der Waals surface area (Å²) in [6.07, 6.45) is -0.796. The summed E-state index contributed by atoms with van der Waals surface area (Å²) in [6.45, 7) is 4.74. The molecule has 1 aromatic carbocycles. The Balaban J connectivity index is 2.59. The molecule has 6 heteroatoms. The molecular weight excluding hydrogens is 277 g/mol. The first-order valence-corrected chi connectivity index (χ1v) is 6.60. The first-order chi connectivity index (χ1) is 9.71. The van der Waals surface area contributed by atoms with Crippen LogP contribution in [0.15, 0.2) is 24.3 Å². The molecule has 0 aliphatic rings. The number of ketones is 1. The number of aliphatic hydroxyl groups excluding tert-OH is 1. The van der Waals surface area contributed by atoms with Crippen LogP contribution >= 0.6 is 0 Å². The lowest BCUT2D eigenvalue weighted by molar-refractivity contribution is 0.0479. The fourth-order valence-corrected chi connectivity index (χ4v) is 1.61. The Labute approximate surface area is 123 Å². The van der Waals surface area contributed by atoms with Crippen LogP contribution in [-0.2, 0) is 4.74 Å². The van der Waals surface area contributed by atoms with Gasteiger partial charge < -0.3 is 15.2 Å². The Kier molecular flexibility index (Phi) is 5.84. The third-order valence-electron chi connectivity index (χ3n) is 2.54. The molecule has 2 N–H and O–H groups in total. The van der Waals surface area contributed by atoms with Gasteiger partial charge in [0.1, 0.15) is 11.4 Å². The van der Waals surface area contributed by atoms with Crippen molar-refractivity contribution < 1.29 is 23.8 Å². The topological polar surface area (TPSA) is 75.6 Å². The Morgan fingerprint density at radius 1 is 1.29 bits per heavy atom. The standard InChI is InChI=1S/C15H20FNO4/c1-15(2,3)21-14(20)17-12(9-18)8-13(19)10-4-6-11(16)7-5-10/h4-7,12,18H,8-9H2,1-3H3,(H,17,20)/t12-/m1/s1. The van der Waals surface area contributed by atoms with Crippen molar-refractivity contribution in [3.8, 4) is 0 Å². The van der Waals surface area contributed by atoms with Crippen LogP contribution in [0, 0.1) is 5.82 Å². The maximum absolute atomic E-state index is 12.8. The number of amides is 1. The molecule has 0 spiro atoms. The van der Waals surface area contributed by atoms with Crippen LogP contribution in [0.1, 0.15) is 37.6 Å². The highest BCUT2D eigenvalue weighted by atomic mass is 19.1. The van der Waals surface area contributed by atoms with Crippen LogP contribution in [0.25, 0.3) is 0 Å². The van der Waals surface area contributed by atoms with E-state index < -0.39 is 30.2 Å². The lowest BCUT2D eigenvalue weighted by Crippen LogP contribution is -2.42. The smallest absolute Gasteiger partial charge is 0.407 e. The SMILES string of the molecule is CC(C)(C)OC(=O)N[C@@H](CO)CC(=O)c1ccc(F)cc1. The molecule has 0 heterocycles. The summed E-state index contributed by atoms with van der Waals surface area (Å²) in [5.74, 6) is -0.734. The molecule has 0 aliphatic carbocycles. The third kappa shape index (κ3) is 6.35. The fourth-order valence-electron chi connectivity index (χ4n) is 1.61. The van der Waals surface area contributed by atoms with E-state index in [4.69, 9.17) is 4.74 Å². The van der Waals surface area contributed by atoms with Crippen molar-refractivity contribution in [2.75, 3.05) is 6.61 Å². The molecule has 0 fully saturated rings. The highest BCUT2D eigenvalue weighted by Gasteiger charge is 2.21. The largest absolute Gasteiger partial charge is 0.444 e. The van der Waals surface area contributed by atoms with Crippen molar-refractivity contribution in [3.05, 3.63) is 35.6 Å². The van der Waals surface area contributed by atoms with Gasteiger partial charge in [-0.1, -0.05) is 0 Å². The van der Waals surface area contributed by atoms with E-state index in [1.54, 1.807) is 20.8 Å². The van der Waals surface area contributed by atoms with Crippen molar-refractivity contribution in [1.82, 2.24) is 5.32 Å². The molecule has 1 rings (SSSR count). The van der Waals surface area contributed by atoms with Crippen LogP contribution in [-0.4, -0.2) is 35.2 Å². The van der Waals surface area contributed by atoms with E-state index in [0.29, 0.717) is 5.56 Å². The van der Waals surface area contributed by atoms with Crippen molar-refractivity contribution in [3.63, 3.8) is 0 Å². The van der Waals surface area contributed by atoms with Crippen molar-refractivity contribution in [2.24, 2.45) is 0 Å². The van der Waals surface area contributed by atoms with Gasteiger partial charge >= 0.3 is 6.09 Å². The number of hydrogen-bond donors (Lipinski definition) is 2. The van der Waals surface area contributed by atoms with Crippen LogP contribution in [0.2, 0.25) is 0 Å². The molecule has 116 valence electrons. The molecule has 0 aliphatic heterocycles. The number of halogens is 1. The van der Waals surface area contributed by atoms with Gasteiger partial charge in [-0.05, 0) is 45.0 Å². The van der Waals surface area contributed by atoms with E-state index >= 15 is 0 Å². The van der Waals surface area contributed by atoms with Gasteiger partial charge in [-0.15, -0.1) is 0 Å². The minimum atomic E-state index is -0.752. The van der Waals surface area contributed by atoms with E-state index in [1.165, 1.54) is 24.3 Å². The maximum atomic E-state index is 12.8. The summed E-state index contributed by atoms with van der Waals surface area (Å²) in [7, 11) is 0. The third-order valence-corrected chi connectivity index (χ3v) is 2.54. The minimum absolute atomic E-state index is 0.0959. The van der Waals surface area contributed by atoms with Gasteiger partial charge in [0.2, 0.25) is 0 Å². The van der Waals surface area contributed by atoms with E-state index in [1.807, 2.05) is 0 Å². The summed E-state index contributed by atoms with van der Waals surface area (Å²) < 4.78 is 17.8. The number of rotatable bonds is 5. The molecule has 5 nitrogen and oxygen atoms in total. The second-order valence-corrected chi connectivity index (χ2v) is 5.66. The first-order valence-electron chi connectivity index (χ1n) is 6.60. The summed E-state index contributed by atoms with van der Waals surface area (Å²) in [5.41, 5.74) is -0.341. The van der Waals surface area contributed by atoms with Gasteiger partial charge in [-0.3, -0.25) is 4.79 Å². The van der Waals surface area contributed by atoms with Gasteiger partial charge in [0, 0.05) is 12.0 Å². The van der Waals surface area contributed by atoms with E-state index in [0.717, 1.165) is 0 Å². The average molecular weight is 297 g/mol. The number of carbonyl (C=O) groups excluding carboxylic acids is 2. The number of aliphatic hydroxyl groups is 1. The van der Waals surface area contributed by atoms with Gasteiger partial charge in [-0.25, -0.2) is 9.18 Å². The van der Waals surface area contributed by atoms with E-state index in [9.17, 15) is 19.1 Å². The van der Waals surface area contributed by atoms with E-state index in [-0.39, 0.29) is 12.2 Å². The van der Waals surface area contributed by atoms with Crippen molar-refractivity contribution >= 4 is 11.9 Å². The molecule has 0 saturated heterocycles. The quantitative estimate of drug-likeness (QED) is 0.818. The number of Topliss-reactive ketones (excluding diaryl/α,β-unsaturated/α-hetero) is 1. The normalized spacial score (nSPS) is 12.6. The number of benzene rings is 1. The highest BCUT2D eigenvalue weighted by molar-refractivity contribution is 5.96. The average Bonchev–Trinajstić information content (AvgIpc) is 2.36. The predicted octanol–water partition coefficient (Wildman–Crippen LogP) is 2.28. The first kappa shape index (κ1) is 17.1. The Morgan fingerprint density at radius 2 is 1.86 bits per heavy atom. The van der Waals surface area contributed by atoms with Gasteiger partial charge in [-0.2, -0.15) is 0 Å². The number of ether oxygens (including phenoxy) is 1. The van der Waals surface area contributed by atoms with Crippen LogP contribution in [0.5, 0.6) is 0 Å². The lowest BCUT2D eigenvalue weighted by atomic mass is 10.0. The molecule has 0 radical (unpaired) electrons. The van der Waals surface area contributed by atoms with Crippen LogP contribution < -0.4 is 5.32 Å². The van der Waals surface area contributed by atoms with Gasteiger partial charge in [0.05, 0.1) is 12.6 Å². The minimum Gasteiger partial charge on any atom is -0.444 e. The molecule has 21 heavy (non-hydrogen) atoms. The second-order valence-electron chi connectivity index (χ2n) is 5.66. The van der Waals surface area contributed by atoms with Crippen LogP contribution in [0.3, 0.4) is 0 Å². The number of nitrogens with one attached hydrogen (secondary N) is 1. The molecule has 0 saturated carbocycles. The van der Waals surface area contributed by atoms with Crippen LogP contribution in [0.4, 0.5) is 9.18 Å². The Bertz CT molecular complexity index is 493. The maximum Gasteiger partial charge on any atom is 0.407 e. The van der Waals surface area contributed by atoms with Crippen molar-refractivity contribution in [2.45, 2.75) is 38.8 Å². The molecule has 1 aromatic rings. The summed E-state index contributed by atoms with van der Waals surface area (Å²) in [4.78, 5) is 23.6. The Hall–Kier alpha value is -1.95. The molecule has 0 aromatic heterocycles. The molecule has 0 bridgehead atoms. The van der Waals surface area contributed by atoms with Gasteiger partial charge in [0.15, 0.2) is 5.78 Å². The fraction of sp³-hybridized carbons (Fsp3) is 0.467. The molecule has 1 atom stereocenters. The van der Waals surface area contributed by atoms with E-state index in [2.05, 4.69) is 5.32 Å². The zero-order valence-electron chi connectivity index (χ0n) is 12.4. The molecular formula is C15H20FNO4. The summed E-state index contributed by atoms with van der Waals surface area (Å²) in [5, 5.41) is 11.7. The van der Waals surface area contributed by atoms with Gasteiger partial charge in [0.25, 0.3) is 0 Å². The predicted molar refractivity (Wildman–Crippen MR) is 75.6 cm³/mol. The summed E-state index contributed by atoms with van der Waals surface area (Å²) >= 11 is 0. The number of alkyl carbamates (subject to hydrolysis) is 1. The number of hydrogen-bond acceptors (Lipinski definition) is 4. The van der Waals surface area contributed by atoms with Crippen molar-refractivity contribution in [1.29, 1.82) is 0 Å². The molecule has 1 amide bonds. The monoisotopic (exact) mass is 297 g/mol.